The van der Waals surface area contributed by atoms with Crippen LogP contribution in [-0.2, 0) is 23.9 Å². The summed E-state index contributed by atoms with van der Waals surface area (Å²) in [6.45, 7) is 5.30. The normalized spacial score (nSPS) is 22.3. The van der Waals surface area contributed by atoms with Gasteiger partial charge in [0.2, 0.25) is 11.8 Å². The van der Waals surface area contributed by atoms with Gasteiger partial charge in [0.05, 0.1) is 18.4 Å². The maximum Gasteiger partial charge on any atom is 0.329 e. The number of rotatable bonds is 7. The van der Waals surface area contributed by atoms with Crippen molar-refractivity contribution < 1.29 is 28.7 Å². The van der Waals surface area contributed by atoms with Crippen molar-refractivity contribution in [2.75, 3.05) is 11.9 Å². The number of amides is 3. The number of imide groups is 1. The van der Waals surface area contributed by atoms with E-state index in [1.807, 2.05) is 19.1 Å². The molecule has 1 aliphatic carbocycles. The van der Waals surface area contributed by atoms with E-state index in [4.69, 9.17) is 9.47 Å². The molecular weight excluding hydrogens is 388 g/mol. The van der Waals surface area contributed by atoms with Gasteiger partial charge in [-0.25, -0.2) is 4.79 Å². The quantitative estimate of drug-likeness (QED) is 0.417. The molecule has 1 aromatic rings. The van der Waals surface area contributed by atoms with Gasteiger partial charge in [0.15, 0.2) is 6.10 Å². The van der Waals surface area contributed by atoms with Crippen molar-refractivity contribution in [2.24, 2.45) is 11.8 Å². The standard InChI is InChI=1S/C22H26N2O6/c1-4-29-16-11-9-15(10-12-16)23-19(25)14(3)30-22(28)13(2)24-20(26)17-7-5-6-8-18(17)21(24)27/h5-6,9-14,17-18H,4,7-8H2,1-3H3,(H,23,25)/t13-,14+,17-,18-/m0/s1. The van der Waals surface area contributed by atoms with Crippen LogP contribution < -0.4 is 10.1 Å². The fraction of sp³-hybridized carbons (Fsp3) is 0.455. The highest BCUT2D eigenvalue weighted by Gasteiger charge is 2.50. The number of hydrogen-bond donors (Lipinski definition) is 1. The molecule has 3 amide bonds. The van der Waals surface area contributed by atoms with Crippen LogP contribution in [0.2, 0.25) is 0 Å². The molecule has 8 nitrogen and oxygen atoms in total. The lowest BCUT2D eigenvalue weighted by molar-refractivity contribution is -0.163. The second kappa shape index (κ2) is 9.11. The van der Waals surface area contributed by atoms with Crippen molar-refractivity contribution in [3.05, 3.63) is 36.4 Å². The van der Waals surface area contributed by atoms with Gasteiger partial charge >= 0.3 is 5.97 Å². The van der Waals surface area contributed by atoms with Crippen LogP contribution in [0.25, 0.3) is 0 Å². The highest BCUT2D eigenvalue weighted by molar-refractivity contribution is 6.08. The van der Waals surface area contributed by atoms with Gasteiger partial charge in [-0.3, -0.25) is 19.3 Å². The SMILES string of the molecule is CCOc1ccc(NC(=O)[C@@H](C)OC(=O)[C@H](C)N2C(=O)[C@H]3CC=CC[C@@H]3C2=O)cc1. The molecule has 1 N–H and O–H groups in total. The van der Waals surface area contributed by atoms with Crippen LogP contribution in [0.15, 0.2) is 36.4 Å². The first kappa shape index (κ1) is 21.5. The summed E-state index contributed by atoms with van der Waals surface area (Å²) in [5, 5.41) is 2.66. The predicted octanol–water partition coefficient (Wildman–Crippen LogP) is 2.30. The molecule has 1 heterocycles. The Labute approximate surface area is 175 Å². The Morgan fingerprint density at radius 2 is 1.63 bits per heavy atom. The monoisotopic (exact) mass is 414 g/mol. The molecule has 0 unspecified atom stereocenters. The van der Waals surface area contributed by atoms with E-state index in [1.54, 1.807) is 24.3 Å². The lowest BCUT2D eigenvalue weighted by Crippen LogP contribution is -2.46. The van der Waals surface area contributed by atoms with Gasteiger partial charge < -0.3 is 14.8 Å². The number of fused-ring (bicyclic) bond motifs is 1. The van der Waals surface area contributed by atoms with E-state index in [0.29, 0.717) is 30.9 Å². The van der Waals surface area contributed by atoms with Crippen molar-refractivity contribution in [3.63, 3.8) is 0 Å². The number of allylic oxidation sites excluding steroid dienone is 2. The third-order valence-electron chi connectivity index (χ3n) is 5.37. The van der Waals surface area contributed by atoms with Crippen LogP contribution in [0.4, 0.5) is 5.69 Å². The Balaban J connectivity index is 1.57. The smallest absolute Gasteiger partial charge is 0.329 e. The van der Waals surface area contributed by atoms with Crippen LogP contribution in [0.1, 0.15) is 33.6 Å². The van der Waals surface area contributed by atoms with Crippen LogP contribution in [0.3, 0.4) is 0 Å². The van der Waals surface area contributed by atoms with Crippen molar-refractivity contribution >= 4 is 29.4 Å². The van der Waals surface area contributed by atoms with E-state index >= 15 is 0 Å². The predicted molar refractivity (Wildman–Crippen MR) is 108 cm³/mol. The number of nitrogens with one attached hydrogen (secondary N) is 1. The second-order valence-corrected chi connectivity index (χ2v) is 7.40. The molecule has 1 fully saturated rings. The fourth-order valence-electron chi connectivity index (χ4n) is 3.68. The molecule has 8 heteroatoms. The van der Waals surface area contributed by atoms with E-state index in [2.05, 4.69) is 5.32 Å². The lowest BCUT2D eigenvalue weighted by Gasteiger charge is -2.23. The molecule has 0 aromatic heterocycles. The molecular formula is C22H26N2O6. The van der Waals surface area contributed by atoms with E-state index in [-0.39, 0.29) is 11.8 Å². The van der Waals surface area contributed by atoms with E-state index < -0.39 is 35.9 Å². The first-order valence-corrected chi connectivity index (χ1v) is 10.1. The zero-order valence-corrected chi connectivity index (χ0v) is 17.3. The van der Waals surface area contributed by atoms with Gasteiger partial charge in [-0.05, 0) is 57.9 Å². The van der Waals surface area contributed by atoms with Crippen molar-refractivity contribution in [1.29, 1.82) is 0 Å². The average molecular weight is 414 g/mol. The molecule has 1 saturated heterocycles. The summed E-state index contributed by atoms with van der Waals surface area (Å²) in [4.78, 5) is 51.1. The van der Waals surface area contributed by atoms with Crippen molar-refractivity contribution in [2.45, 2.75) is 45.8 Å². The number of carbonyl (C=O) groups excluding carboxylic acids is 4. The van der Waals surface area contributed by atoms with Gasteiger partial charge in [0.1, 0.15) is 11.8 Å². The molecule has 3 rings (SSSR count). The highest BCUT2D eigenvalue weighted by atomic mass is 16.5. The summed E-state index contributed by atoms with van der Waals surface area (Å²) in [6, 6.07) is 5.71. The van der Waals surface area contributed by atoms with E-state index in [9.17, 15) is 19.2 Å². The number of benzene rings is 1. The topological polar surface area (TPSA) is 102 Å². The average Bonchev–Trinajstić information content (AvgIpc) is 2.99. The zero-order chi connectivity index (χ0) is 21.8. The fourth-order valence-corrected chi connectivity index (χ4v) is 3.68. The molecule has 160 valence electrons. The number of ether oxygens (including phenoxy) is 2. The van der Waals surface area contributed by atoms with Crippen LogP contribution in [0, 0.1) is 11.8 Å². The zero-order valence-electron chi connectivity index (χ0n) is 17.3. The molecule has 0 radical (unpaired) electrons. The molecule has 0 saturated carbocycles. The molecule has 0 bridgehead atoms. The number of likely N-dealkylation sites (tertiary alicyclic amines) is 1. The van der Waals surface area contributed by atoms with Crippen LogP contribution in [0.5, 0.6) is 5.75 Å². The van der Waals surface area contributed by atoms with Crippen LogP contribution >= 0.6 is 0 Å². The lowest BCUT2D eigenvalue weighted by atomic mass is 9.85. The molecule has 4 atom stereocenters. The summed E-state index contributed by atoms with van der Waals surface area (Å²) >= 11 is 0. The molecule has 0 spiro atoms. The third-order valence-corrected chi connectivity index (χ3v) is 5.37. The number of esters is 1. The minimum Gasteiger partial charge on any atom is -0.494 e. The Morgan fingerprint density at radius 3 is 2.17 bits per heavy atom. The maximum atomic E-state index is 12.6. The molecule has 1 aromatic carbocycles. The summed E-state index contributed by atoms with van der Waals surface area (Å²) in [6.07, 6.45) is 3.66. The third kappa shape index (κ3) is 4.37. The molecule has 2 aliphatic rings. The van der Waals surface area contributed by atoms with E-state index in [0.717, 1.165) is 4.90 Å². The van der Waals surface area contributed by atoms with Gasteiger partial charge in [-0.2, -0.15) is 0 Å². The second-order valence-electron chi connectivity index (χ2n) is 7.40. The molecule has 1 aliphatic heterocycles. The Kier molecular flexibility index (Phi) is 6.54. The van der Waals surface area contributed by atoms with Crippen LogP contribution in [-0.4, -0.2) is 47.3 Å². The number of anilines is 1. The summed E-state index contributed by atoms with van der Waals surface area (Å²) in [5.74, 6) is -2.18. The first-order chi connectivity index (χ1) is 14.3. The Bertz CT molecular complexity index is 837. The van der Waals surface area contributed by atoms with Gasteiger partial charge in [-0.15, -0.1) is 0 Å². The summed E-state index contributed by atoms with van der Waals surface area (Å²) in [5.41, 5.74) is 0.529. The van der Waals surface area contributed by atoms with Gasteiger partial charge in [0.25, 0.3) is 5.91 Å². The van der Waals surface area contributed by atoms with Crippen molar-refractivity contribution in [1.82, 2.24) is 4.90 Å². The minimum atomic E-state index is -1.09. The first-order valence-electron chi connectivity index (χ1n) is 10.1. The summed E-state index contributed by atoms with van der Waals surface area (Å²) in [7, 11) is 0. The number of hydrogen-bond acceptors (Lipinski definition) is 6. The maximum absolute atomic E-state index is 12.6. The Hall–Kier alpha value is -3.16. The van der Waals surface area contributed by atoms with Gasteiger partial charge in [-0.1, -0.05) is 12.2 Å². The number of nitrogens with zero attached hydrogens (tertiary/aromatic N) is 1. The van der Waals surface area contributed by atoms with E-state index in [1.165, 1.54) is 13.8 Å². The van der Waals surface area contributed by atoms with Gasteiger partial charge in [0, 0.05) is 5.69 Å². The molecule has 30 heavy (non-hydrogen) atoms. The number of carbonyl (C=O) groups is 4. The highest BCUT2D eigenvalue weighted by Crippen LogP contribution is 2.36. The largest absolute Gasteiger partial charge is 0.494 e. The van der Waals surface area contributed by atoms with Crippen molar-refractivity contribution in [3.8, 4) is 5.75 Å². The Morgan fingerprint density at radius 1 is 1.07 bits per heavy atom. The summed E-state index contributed by atoms with van der Waals surface area (Å²) < 4.78 is 10.6. The minimum absolute atomic E-state index is 0.356.